The van der Waals surface area contributed by atoms with Gasteiger partial charge in [0.25, 0.3) is 0 Å². The number of halogens is 1. The van der Waals surface area contributed by atoms with Gasteiger partial charge in [0, 0.05) is 11.4 Å². The molecule has 4 rings (SSSR count). The van der Waals surface area contributed by atoms with Crippen molar-refractivity contribution in [3.8, 4) is 0 Å². The van der Waals surface area contributed by atoms with Crippen LogP contribution < -0.4 is 15.9 Å². The van der Waals surface area contributed by atoms with Crippen LogP contribution in [0, 0.1) is 0 Å². The van der Waals surface area contributed by atoms with Crippen LogP contribution >= 0.6 is 18.9 Å². The van der Waals surface area contributed by atoms with Gasteiger partial charge in [-0.25, -0.2) is 0 Å². The fraction of sp³-hybridized carbons (Fsp3) is 0.0769. The van der Waals surface area contributed by atoms with E-state index in [4.69, 9.17) is 11.6 Å². The van der Waals surface area contributed by atoms with E-state index in [1.807, 2.05) is 12.1 Å². The second-order valence-corrected chi connectivity index (χ2v) is 11.0. The zero-order chi connectivity index (χ0) is 19.2. The Morgan fingerprint density at radius 1 is 0.500 bits per heavy atom. The summed E-state index contributed by atoms with van der Waals surface area (Å²) in [5.74, 6) is 0. The van der Waals surface area contributed by atoms with Crippen LogP contribution in [0.4, 0.5) is 0 Å². The largest absolute Gasteiger partial charge is 0.112 e. The van der Waals surface area contributed by atoms with Gasteiger partial charge in [-0.05, 0) is 54.1 Å². The first-order chi connectivity index (χ1) is 13.8. The summed E-state index contributed by atoms with van der Waals surface area (Å²) in [4.78, 5) is 0. The maximum atomic E-state index is 6.10. The van der Waals surface area contributed by atoms with E-state index in [0.717, 1.165) is 17.6 Å². The molecule has 2 heteroatoms. The highest BCUT2D eigenvalue weighted by Gasteiger charge is 2.44. The highest BCUT2D eigenvalue weighted by atomic mass is 35.5. The summed E-state index contributed by atoms with van der Waals surface area (Å²) in [5.41, 5.74) is 1.33. The molecule has 0 fully saturated rings. The van der Waals surface area contributed by atoms with Gasteiger partial charge in [0.05, 0.1) is 6.16 Å². The van der Waals surface area contributed by atoms with Gasteiger partial charge in [-0.1, -0.05) is 78.3 Å². The zero-order valence-corrected chi connectivity index (χ0v) is 17.4. The van der Waals surface area contributed by atoms with Crippen LogP contribution in [0.1, 0.15) is 5.56 Å². The molecule has 0 spiro atoms. The highest BCUT2D eigenvalue weighted by molar-refractivity contribution is 7.95. The molecule has 0 radical (unpaired) electrons. The summed E-state index contributed by atoms with van der Waals surface area (Å²) in [5, 5.41) is 5.09. The SMILES string of the molecule is Clc1ccc(CC[P+](c2ccccc2)(c2ccccc2)c2ccccc2)cc1. The molecule has 4 aromatic rings. The lowest BCUT2D eigenvalue weighted by atomic mass is 10.2. The second-order valence-electron chi connectivity index (χ2n) is 6.92. The number of rotatable bonds is 6. The zero-order valence-electron chi connectivity index (χ0n) is 15.7. The molecule has 0 aliphatic carbocycles. The molecular weight excluding hydrogens is 379 g/mol. The average molecular weight is 402 g/mol. The third kappa shape index (κ3) is 3.90. The molecule has 0 heterocycles. The summed E-state index contributed by atoms with van der Waals surface area (Å²) in [6, 6.07) is 41.4. The second kappa shape index (κ2) is 8.74. The van der Waals surface area contributed by atoms with Crippen molar-refractivity contribution in [2.45, 2.75) is 6.42 Å². The van der Waals surface area contributed by atoms with Gasteiger partial charge < -0.3 is 0 Å². The van der Waals surface area contributed by atoms with E-state index in [9.17, 15) is 0 Å². The molecule has 0 aliphatic rings. The first-order valence-electron chi connectivity index (χ1n) is 9.58. The normalized spacial score (nSPS) is 11.3. The van der Waals surface area contributed by atoms with Crippen LogP contribution in [-0.4, -0.2) is 6.16 Å². The van der Waals surface area contributed by atoms with Crippen molar-refractivity contribution < 1.29 is 0 Å². The van der Waals surface area contributed by atoms with Crippen molar-refractivity contribution in [1.82, 2.24) is 0 Å². The van der Waals surface area contributed by atoms with E-state index in [0.29, 0.717) is 0 Å². The van der Waals surface area contributed by atoms with E-state index in [-0.39, 0.29) is 0 Å². The Hall–Kier alpha value is -2.40. The smallest absolute Gasteiger partial charge is 0.0843 e. The maximum Gasteiger partial charge on any atom is 0.112 e. The molecule has 0 saturated carbocycles. The molecule has 0 aliphatic heterocycles. The Morgan fingerprint density at radius 3 is 1.29 bits per heavy atom. The maximum absolute atomic E-state index is 6.10. The quantitative estimate of drug-likeness (QED) is 0.354. The third-order valence-corrected chi connectivity index (χ3v) is 9.93. The van der Waals surface area contributed by atoms with Crippen LogP contribution in [0.15, 0.2) is 115 Å². The van der Waals surface area contributed by atoms with E-state index in [2.05, 4.69) is 103 Å². The first kappa shape index (κ1) is 18.9. The van der Waals surface area contributed by atoms with Crippen molar-refractivity contribution in [3.05, 3.63) is 126 Å². The molecule has 138 valence electrons. The number of hydrogen-bond acceptors (Lipinski definition) is 0. The lowest BCUT2D eigenvalue weighted by Crippen LogP contribution is -2.34. The Bertz CT molecular complexity index is 900. The predicted octanol–water partition coefficient (Wildman–Crippen LogP) is 5.88. The Labute approximate surface area is 173 Å². The van der Waals surface area contributed by atoms with Gasteiger partial charge in [0.2, 0.25) is 0 Å². The van der Waals surface area contributed by atoms with Crippen LogP contribution in [0.2, 0.25) is 5.02 Å². The molecule has 0 amide bonds. The van der Waals surface area contributed by atoms with Crippen molar-refractivity contribution in [2.75, 3.05) is 6.16 Å². The summed E-state index contributed by atoms with van der Waals surface area (Å²) in [6.45, 7) is 0. The summed E-state index contributed by atoms with van der Waals surface area (Å²) >= 11 is 6.10. The number of hydrogen-bond donors (Lipinski definition) is 0. The number of benzene rings is 4. The van der Waals surface area contributed by atoms with Crippen LogP contribution in [-0.2, 0) is 6.42 Å². The predicted molar refractivity (Wildman–Crippen MR) is 125 cm³/mol. The monoisotopic (exact) mass is 401 g/mol. The minimum absolute atomic E-state index is 0.791. The molecular formula is C26H23ClP+. The van der Waals surface area contributed by atoms with Gasteiger partial charge in [-0.2, -0.15) is 0 Å². The molecule has 4 aromatic carbocycles. The molecule has 0 nitrogen and oxygen atoms in total. The molecule has 0 atom stereocenters. The standard InChI is InChI=1S/C26H23ClP/c27-23-18-16-22(17-19-23)20-21-28(24-10-4-1-5-11-24,25-12-6-2-7-13-25)26-14-8-3-9-15-26/h1-19H,20-21H2/q+1. The molecule has 0 bridgehead atoms. The Kier molecular flexibility index (Phi) is 5.91. The Balaban J connectivity index is 1.86. The molecule has 0 N–H and O–H groups in total. The third-order valence-electron chi connectivity index (χ3n) is 5.24. The van der Waals surface area contributed by atoms with Gasteiger partial charge in [-0.15, -0.1) is 0 Å². The van der Waals surface area contributed by atoms with Crippen LogP contribution in [0.3, 0.4) is 0 Å². The van der Waals surface area contributed by atoms with Gasteiger partial charge in [0.1, 0.15) is 23.2 Å². The van der Waals surface area contributed by atoms with E-state index in [1.54, 1.807) is 0 Å². The number of aryl methyl sites for hydroxylation is 1. The lowest BCUT2D eigenvalue weighted by molar-refractivity contribution is 1.15. The fourth-order valence-electron chi connectivity index (χ4n) is 3.83. The van der Waals surface area contributed by atoms with Gasteiger partial charge in [0.15, 0.2) is 0 Å². The summed E-state index contributed by atoms with van der Waals surface area (Å²) in [6.07, 6.45) is 2.11. The van der Waals surface area contributed by atoms with E-state index < -0.39 is 7.26 Å². The van der Waals surface area contributed by atoms with E-state index in [1.165, 1.54) is 21.5 Å². The highest BCUT2D eigenvalue weighted by Crippen LogP contribution is 2.55. The average Bonchev–Trinajstić information content (AvgIpc) is 2.78. The first-order valence-corrected chi connectivity index (χ1v) is 11.9. The Morgan fingerprint density at radius 2 is 0.893 bits per heavy atom. The van der Waals surface area contributed by atoms with Crippen molar-refractivity contribution in [3.63, 3.8) is 0 Å². The molecule has 0 saturated heterocycles. The van der Waals surface area contributed by atoms with Gasteiger partial charge >= 0.3 is 0 Å². The molecule has 28 heavy (non-hydrogen) atoms. The van der Waals surface area contributed by atoms with Crippen LogP contribution in [0.25, 0.3) is 0 Å². The van der Waals surface area contributed by atoms with Crippen LogP contribution in [0.5, 0.6) is 0 Å². The molecule has 0 unspecified atom stereocenters. The lowest BCUT2D eigenvalue weighted by Gasteiger charge is -2.27. The van der Waals surface area contributed by atoms with Gasteiger partial charge in [-0.3, -0.25) is 0 Å². The summed E-state index contributed by atoms with van der Waals surface area (Å²) < 4.78 is 0. The molecule has 0 aromatic heterocycles. The minimum atomic E-state index is -1.76. The fourth-order valence-corrected chi connectivity index (χ4v) is 8.26. The minimum Gasteiger partial charge on any atom is -0.0843 e. The van der Waals surface area contributed by atoms with Crippen molar-refractivity contribution >= 4 is 34.8 Å². The van der Waals surface area contributed by atoms with E-state index >= 15 is 0 Å². The summed E-state index contributed by atoms with van der Waals surface area (Å²) in [7, 11) is -1.76. The van der Waals surface area contributed by atoms with Crippen molar-refractivity contribution in [2.24, 2.45) is 0 Å². The topological polar surface area (TPSA) is 0 Å². The van der Waals surface area contributed by atoms with Crippen molar-refractivity contribution in [1.29, 1.82) is 0 Å².